The van der Waals surface area contributed by atoms with Gasteiger partial charge >= 0.3 is 5.97 Å². The molecule has 2 rings (SSSR count). The number of ether oxygens (including phenoxy) is 2. The number of carbonyl (C=O) groups is 2. The maximum absolute atomic E-state index is 12.3. The second-order valence-corrected chi connectivity index (χ2v) is 5.09. The maximum Gasteiger partial charge on any atom is 0.323 e. The fourth-order valence-electron chi connectivity index (χ4n) is 2.02. The fourth-order valence-corrected chi connectivity index (χ4v) is 2.15. The van der Waals surface area contributed by atoms with E-state index in [0.29, 0.717) is 18.2 Å². The third kappa shape index (κ3) is 4.70. The molecule has 7 heteroatoms. The summed E-state index contributed by atoms with van der Waals surface area (Å²) in [6.07, 6.45) is -0.745. The number of rotatable bonds is 5. The first-order chi connectivity index (χ1) is 10.1. The molecular formula is C14H16ClNO5. The molecule has 0 aliphatic carbocycles. The first-order valence-corrected chi connectivity index (χ1v) is 6.88. The van der Waals surface area contributed by atoms with Crippen molar-refractivity contribution in [1.82, 2.24) is 4.90 Å². The normalized spacial score (nSPS) is 18.2. The summed E-state index contributed by atoms with van der Waals surface area (Å²) in [5.41, 5.74) is 0.797. The summed E-state index contributed by atoms with van der Waals surface area (Å²) in [4.78, 5) is 24.5. The number of carbonyl (C=O) groups excluding carboxylic acids is 1. The fraction of sp³-hybridized carbons (Fsp3) is 0.429. The highest BCUT2D eigenvalue weighted by atomic mass is 35.5. The van der Waals surface area contributed by atoms with Crippen LogP contribution in [-0.4, -0.2) is 54.4 Å². The van der Waals surface area contributed by atoms with Gasteiger partial charge in [0.25, 0.3) is 5.91 Å². The highest BCUT2D eigenvalue weighted by molar-refractivity contribution is 6.30. The maximum atomic E-state index is 12.3. The zero-order chi connectivity index (χ0) is 15.2. The number of carboxylic acid groups (broad SMARTS) is 1. The molecule has 21 heavy (non-hydrogen) atoms. The van der Waals surface area contributed by atoms with Gasteiger partial charge in [0.05, 0.1) is 19.8 Å². The van der Waals surface area contributed by atoms with Gasteiger partial charge in [-0.1, -0.05) is 23.7 Å². The summed E-state index contributed by atoms with van der Waals surface area (Å²) in [5.74, 6) is -1.46. The van der Waals surface area contributed by atoms with E-state index in [-0.39, 0.29) is 25.6 Å². The van der Waals surface area contributed by atoms with Crippen molar-refractivity contribution in [2.45, 2.75) is 12.6 Å². The first kappa shape index (κ1) is 15.8. The lowest BCUT2D eigenvalue weighted by Crippen LogP contribution is -2.46. The van der Waals surface area contributed by atoms with E-state index in [1.54, 1.807) is 24.3 Å². The van der Waals surface area contributed by atoms with Crippen molar-refractivity contribution in [3.8, 4) is 0 Å². The molecule has 6 nitrogen and oxygen atoms in total. The van der Waals surface area contributed by atoms with E-state index in [1.807, 2.05) is 0 Å². The van der Waals surface area contributed by atoms with Gasteiger partial charge in [-0.25, -0.2) is 0 Å². The van der Waals surface area contributed by atoms with Crippen LogP contribution in [0.3, 0.4) is 0 Å². The molecule has 1 amide bonds. The van der Waals surface area contributed by atoms with Gasteiger partial charge in [-0.3, -0.25) is 9.59 Å². The molecule has 0 radical (unpaired) electrons. The van der Waals surface area contributed by atoms with Crippen LogP contribution in [0.25, 0.3) is 0 Å². The summed E-state index contributed by atoms with van der Waals surface area (Å²) in [5, 5.41) is 9.55. The Kier molecular flexibility index (Phi) is 5.55. The second kappa shape index (κ2) is 7.40. The van der Waals surface area contributed by atoms with Gasteiger partial charge < -0.3 is 19.5 Å². The monoisotopic (exact) mass is 313 g/mol. The van der Waals surface area contributed by atoms with E-state index >= 15 is 0 Å². The van der Waals surface area contributed by atoms with Gasteiger partial charge in [-0.15, -0.1) is 0 Å². The Balaban J connectivity index is 2.07. The molecule has 1 aromatic rings. The lowest BCUT2D eigenvalue weighted by molar-refractivity contribution is -0.162. The van der Waals surface area contributed by atoms with Crippen molar-refractivity contribution in [1.29, 1.82) is 0 Å². The van der Waals surface area contributed by atoms with Crippen molar-refractivity contribution >= 4 is 23.5 Å². The average Bonchev–Trinajstić information content (AvgIpc) is 2.48. The van der Waals surface area contributed by atoms with Crippen LogP contribution in [-0.2, 0) is 25.6 Å². The number of aliphatic carboxylic acids is 1. The summed E-state index contributed by atoms with van der Waals surface area (Å²) in [6, 6.07) is 6.90. The molecule has 114 valence electrons. The van der Waals surface area contributed by atoms with E-state index in [2.05, 4.69) is 0 Å². The topological polar surface area (TPSA) is 76.1 Å². The molecule has 1 heterocycles. The van der Waals surface area contributed by atoms with Crippen LogP contribution >= 0.6 is 11.6 Å². The molecule has 1 saturated heterocycles. The Morgan fingerprint density at radius 3 is 2.57 bits per heavy atom. The summed E-state index contributed by atoms with van der Waals surface area (Å²) >= 11 is 5.81. The molecule has 1 aromatic carbocycles. The highest BCUT2D eigenvalue weighted by Crippen LogP contribution is 2.13. The van der Waals surface area contributed by atoms with Gasteiger partial charge in [0, 0.05) is 11.6 Å². The lowest BCUT2D eigenvalue weighted by atomic mass is 10.2. The van der Waals surface area contributed by atoms with Gasteiger partial charge in [0.2, 0.25) is 0 Å². The summed E-state index contributed by atoms with van der Waals surface area (Å²) in [7, 11) is 0. The standard InChI is InChI=1S/C14H16ClNO5/c15-11-3-1-10(2-4-11)7-16(8-13(17)18)14(19)12-9-20-5-6-21-12/h1-4,12H,5-9H2,(H,17,18). The lowest BCUT2D eigenvalue weighted by Gasteiger charge is -2.28. The molecule has 0 bridgehead atoms. The van der Waals surface area contributed by atoms with E-state index in [9.17, 15) is 9.59 Å². The summed E-state index contributed by atoms with van der Waals surface area (Å²) < 4.78 is 10.5. The highest BCUT2D eigenvalue weighted by Gasteiger charge is 2.28. The van der Waals surface area contributed by atoms with Crippen molar-refractivity contribution in [2.75, 3.05) is 26.4 Å². The predicted molar refractivity (Wildman–Crippen MR) is 75.1 cm³/mol. The van der Waals surface area contributed by atoms with Crippen LogP contribution in [0.5, 0.6) is 0 Å². The number of halogens is 1. The minimum absolute atomic E-state index is 0.148. The molecule has 1 fully saturated rings. The second-order valence-electron chi connectivity index (χ2n) is 4.65. The number of carboxylic acids is 1. The largest absolute Gasteiger partial charge is 0.480 e. The Hall–Kier alpha value is -1.63. The molecule has 1 unspecified atom stereocenters. The van der Waals surface area contributed by atoms with Crippen molar-refractivity contribution in [3.63, 3.8) is 0 Å². The van der Waals surface area contributed by atoms with Crippen molar-refractivity contribution < 1.29 is 24.2 Å². The van der Waals surface area contributed by atoms with Crippen LogP contribution < -0.4 is 0 Å². The number of amides is 1. The molecule has 1 atom stereocenters. The van der Waals surface area contributed by atoms with Gasteiger partial charge in [0.15, 0.2) is 6.10 Å². The van der Waals surface area contributed by atoms with Crippen LogP contribution in [0, 0.1) is 0 Å². The third-order valence-corrected chi connectivity index (χ3v) is 3.27. The zero-order valence-electron chi connectivity index (χ0n) is 11.3. The molecule has 1 aliphatic heterocycles. The minimum Gasteiger partial charge on any atom is -0.480 e. The molecule has 1 aliphatic rings. The third-order valence-electron chi connectivity index (χ3n) is 3.02. The molecule has 0 aromatic heterocycles. The smallest absolute Gasteiger partial charge is 0.323 e. The Morgan fingerprint density at radius 2 is 2.00 bits per heavy atom. The predicted octanol–water partition coefficient (Wildman–Crippen LogP) is 1.17. The Bertz CT molecular complexity index is 499. The van der Waals surface area contributed by atoms with Crippen LogP contribution in [0.15, 0.2) is 24.3 Å². The molecule has 0 saturated carbocycles. The Morgan fingerprint density at radius 1 is 1.29 bits per heavy atom. The van der Waals surface area contributed by atoms with Gasteiger partial charge in [-0.05, 0) is 17.7 Å². The van der Waals surface area contributed by atoms with E-state index in [1.165, 1.54) is 4.90 Å². The van der Waals surface area contributed by atoms with Gasteiger partial charge in [0.1, 0.15) is 6.54 Å². The van der Waals surface area contributed by atoms with E-state index in [4.69, 9.17) is 26.2 Å². The Labute approximate surface area is 127 Å². The average molecular weight is 314 g/mol. The number of nitrogens with zero attached hydrogens (tertiary/aromatic N) is 1. The molecule has 1 N–H and O–H groups in total. The zero-order valence-corrected chi connectivity index (χ0v) is 12.1. The van der Waals surface area contributed by atoms with Gasteiger partial charge in [-0.2, -0.15) is 0 Å². The minimum atomic E-state index is -1.07. The van der Waals surface area contributed by atoms with E-state index in [0.717, 1.165) is 5.56 Å². The number of benzene rings is 1. The molecular weight excluding hydrogens is 298 g/mol. The van der Waals surface area contributed by atoms with Crippen LogP contribution in [0.4, 0.5) is 0 Å². The van der Waals surface area contributed by atoms with E-state index < -0.39 is 12.1 Å². The quantitative estimate of drug-likeness (QED) is 0.883. The number of hydrogen-bond acceptors (Lipinski definition) is 4. The SMILES string of the molecule is O=C(O)CN(Cc1ccc(Cl)cc1)C(=O)C1COCCO1. The summed E-state index contributed by atoms with van der Waals surface area (Å²) in [6.45, 7) is 0.719. The van der Waals surface area contributed by atoms with Crippen molar-refractivity contribution in [3.05, 3.63) is 34.9 Å². The first-order valence-electron chi connectivity index (χ1n) is 6.50. The van der Waals surface area contributed by atoms with Crippen LogP contribution in [0.2, 0.25) is 5.02 Å². The molecule has 0 spiro atoms. The van der Waals surface area contributed by atoms with Crippen LogP contribution in [0.1, 0.15) is 5.56 Å². The van der Waals surface area contributed by atoms with Crippen molar-refractivity contribution in [2.24, 2.45) is 0 Å². The number of hydrogen-bond donors (Lipinski definition) is 1.